The number of nitrogen functional groups attached to an aromatic ring is 1. The van der Waals surface area contributed by atoms with E-state index in [1.165, 1.54) is 11.8 Å². The van der Waals surface area contributed by atoms with E-state index >= 15 is 0 Å². The largest absolute Gasteiger partial charge is 0.477 e. The average Bonchev–Trinajstić information content (AvgIpc) is 2.77. The summed E-state index contributed by atoms with van der Waals surface area (Å²) >= 11 is 6.84. The number of hydrogen-bond acceptors (Lipinski definition) is 10. The number of rotatable bonds is 5. The summed E-state index contributed by atoms with van der Waals surface area (Å²) in [6.07, 6.45) is -1.74. The van der Waals surface area contributed by atoms with Crippen molar-refractivity contribution >= 4 is 34.1 Å². The van der Waals surface area contributed by atoms with Crippen molar-refractivity contribution in [3.05, 3.63) is 5.69 Å². The van der Waals surface area contributed by atoms with Crippen LogP contribution < -0.4 is 10.5 Å². The lowest BCUT2D eigenvalue weighted by Crippen LogP contribution is -2.34. The maximum Gasteiger partial charge on any atom is 0.232 e. The van der Waals surface area contributed by atoms with E-state index in [2.05, 4.69) is 9.97 Å². The van der Waals surface area contributed by atoms with E-state index in [0.717, 1.165) is 14.8 Å². The predicted molar refractivity (Wildman–Crippen MR) is 100 cm³/mol. The van der Waals surface area contributed by atoms with E-state index in [4.69, 9.17) is 27.4 Å². The SMILES string of the molecule is CCOc1nc(N)nc2c1SC(=S)CCC2C[C@@H]1O[C@H](CO)[C@@H](O)[C@H]1O. The van der Waals surface area contributed by atoms with Crippen molar-refractivity contribution in [1.82, 2.24) is 9.97 Å². The van der Waals surface area contributed by atoms with Gasteiger partial charge in [-0.05, 0) is 26.2 Å². The maximum absolute atomic E-state index is 10.3. The van der Waals surface area contributed by atoms with Gasteiger partial charge in [0.25, 0.3) is 0 Å². The van der Waals surface area contributed by atoms with Gasteiger partial charge in [-0.1, -0.05) is 24.0 Å². The van der Waals surface area contributed by atoms with Crippen LogP contribution in [-0.2, 0) is 4.74 Å². The van der Waals surface area contributed by atoms with Gasteiger partial charge in [0, 0.05) is 5.92 Å². The van der Waals surface area contributed by atoms with Crippen molar-refractivity contribution in [2.45, 2.75) is 61.4 Å². The first-order valence-electron chi connectivity index (χ1n) is 8.57. The number of nitrogens with zero attached hydrogens (tertiary/aromatic N) is 2. The molecule has 0 radical (unpaired) electrons. The minimum Gasteiger partial charge on any atom is -0.477 e. The minimum absolute atomic E-state index is 0.0910. The molecule has 2 aliphatic rings. The van der Waals surface area contributed by atoms with E-state index in [1.54, 1.807) is 0 Å². The Morgan fingerprint density at radius 1 is 1.31 bits per heavy atom. The van der Waals surface area contributed by atoms with Gasteiger partial charge in [-0.2, -0.15) is 4.98 Å². The molecule has 5 N–H and O–H groups in total. The van der Waals surface area contributed by atoms with Crippen LogP contribution in [0.4, 0.5) is 5.95 Å². The van der Waals surface area contributed by atoms with Gasteiger partial charge in [-0.25, -0.2) is 4.98 Å². The van der Waals surface area contributed by atoms with Crippen LogP contribution in [-0.4, -0.2) is 67.1 Å². The Kier molecular flexibility index (Phi) is 6.31. The molecule has 0 saturated carbocycles. The Balaban J connectivity index is 1.91. The van der Waals surface area contributed by atoms with Gasteiger partial charge in [-0.15, -0.1) is 0 Å². The van der Waals surface area contributed by atoms with Crippen LogP contribution >= 0.6 is 24.0 Å². The number of thiocarbonyl (C=S) groups is 1. The molecule has 0 aromatic carbocycles. The molecule has 3 rings (SSSR count). The van der Waals surface area contributed by atoms with Gasteiger partial charge in [0.15, 0.2) is 0 Å². The lowest BCUT2D eigenvalue weighted by atomic mass is 9.90. The van der Waals surface area contributed by atoms with Gasteiger partial charge in [0.05, 0.1) is 34.1 Å². The molecule has 0 amide bonds. The van der Waals surface area contributed by atoms with Crippen LogP contribution in [0.5, 0.6) is 5.88 Å². The summed E-state index contributed by atoms with van der Waals surface area (Å²) in [7, 11) is 0. The van der Waals surface area contributed by atoms with Crippen LogP contribution in [0, 0.1) is 0 Å². The third-order valence-corrected chi connectivity index (χ3v) is 6.09. The fraction of sp³-hybridized carbons (Fsp3) is 0.688. The van der Waals surface area contributed by atoms with Crippen LogP contribution in [0.3, 0.4) is 0 Å². The smallest absolute Gasteiger partial charge is 0.232 e. The fourth-order valence-corrected chi connectivity index (χ4v) is 4.67. The van der Waals surface area contributed by atoms with E-state index in [9.17, 15) is 15.3 Å². The van der Waals surface area contributed by atoms with Crippen molar-refractivity contribution in [3.63, 3.8) is 0 Å². The van der Waals surface area contributed by atoms with E-state index in [0.29, 0.717) is 31.7 Å². The summed E-state index contributed by atoms with van der Waals surface area (Å²) in [6, 6.07) is 0. The van der Waals surface area contributed by atoms with Crippen molar-refractivity contribution < 1.29 is 24.8 Å². The van der Waals surface area contributed by atoms with Crippen molar-refractivity contribution in [2.75, 3.05) is 18.9 Å². The monoisotopic (exact) mass is 401 g/mol. The number of aliphatic hydroxyl groups excluding tert-OH is 3. The topological polar surface area (TPSA) is 131 Å². The number of aliphatic hydroxyl groups is 3. The number of hydrogen-bond donors (Lipinski definition) is 4. The normalized spacial score (nSPS) is 31.5. The molecule has 1 unspecified atom stereocenters. The Bertz CT molecular complexity index is 678. The fourth-order valence-electron chi connectivity index (χ4n) is 3.35. The van der Waals surface area contributed by atoms with E-state index in [1.807, 2.05) is 6.92 Å². The van der Waals surface area contributed by atoms with E-state index < -0.39 is 24.4 Å². The molecule has 0 bridgehead atoms. The molecule has 1 aromatic heterocycles. The number of aromatic nitrogens is 2. The van der Waals surface area contributed by atoms with Crippen LogP contribution in [0.25, 0.3) is 0 Å². The number of nitrogens with two attached hydrogens (primary N) is 1. The van der Waals surface area contributed by atoms with Crippen molar-refractivity contribution in [2.24, 2.45) is 0 Å². The first kappa shape index (κ1) is 19.7. The van der Waals surface area contributed by atoms with Crippen LogP contribution in [0.15, 0.2) is 4.90 Å². The minimum atomic E-state index is -1.11. The van der Waals surface area contributed by atoms with Gasteiger partial charge in [0.1, 0.15) is 18.3 Å². The molecule has 8 nitrogen and oxygen atoms in total. The summed E-state index contributed by atoms with van der Waals surface area (Å²) in [5, 5.41) is 29.5. The number of fused-ring (bicyclic) bond motifs is 1. The quantitative estimate of drug-likeness (QED) is 0.521. The molecule has 0 spiro atoms. The predicted octanol–water partition coefficient (Wildman–Crippen LogP) is 0.626. The van der Waals surface area contributed by atoms with Gasteiger partial charge < -0.3 is 30.5 Å². The van der Waals surface area contributed by atoms with Gasteiger partial charge in [-0.3, -0.25) is 0 Å². The highest BCUT2D eigenvalue weighted by atomic mass is 32.2. The zero-order chi connectivity index (χ0) is 18.8. The molecule has 0 aliphatic carbocycles. The highest BCUT2D eigenvalue weighted by Gasteiger charge is 2.43. The Morgan fingerprint density at radius 2 is 2.04 bits per heavy atom. The number of thioether (sulfide) groups is 1. The van der Waals surface area contributed by atoms with E-state index in [-0.39, 0.29) is 18.5 Å². The standard InChI is InChI=1S/C16H23N3O5S2/c1-2-23-15-14-11(18-16(17)19-15)7(3-4-10(25)26-14)5-8-12(21)13(22)9(6-20)24-8/h7-9,12-13,20-22H,2-6H2,1H3,(H2,17,18,19)/t7?,8-,9+,12-,13+/m0/s1. The van der Waals surface area contributed by atoms with Crippen molar-refractivity contribution in [3.8, 4) is 5.88 Å². The van der Waals surface area contributed by atoms with Crippen LogP contribution in [0.2, 0.25) is 0 Å². The second kappa shape index (κ2) is 8.32. The summed E-state index contributed by atoms with van der Waals surface area (Å²) in [6.45, 7) is 1.95. The Labute approximate surface area is 161 Å². The molecule has 1 fully saturated rings. The van der Waals surface area contributed by atoms with Crippen molar-refractivity contribution in [1.29, 1.82) is 0 Å². The van der Waals surface area contributed by atoms with Gasteiger partial charge >= 0.3 is 0 Å². The molecule has 10 heteroatoms. The molecule has 2 aliphatic heterocycles. The molecule has 5 atom stereocenters. The lowest BCUT2D eigenvalue weighted by molar-refractivity contribution is -0.0263. The summed E-state index contributed by atoms with van der Waals surface area (Å²) in [5.41, 5.74) is 6.59. The van der Waals surface area contributed by atoms with Gasteiger partial charge in [0.2, 0.25) is 11.8 Å². The molecule has 26 heavy (non-hydrogen) atoms. The maximum atomic E-state index is 10.3. The molecule has 1 saturated heterocycles. The first-order valence-corrected chi connectivity index (χ1v) is 9.80. The molecular weight excluding hydrogens is 378 g/mol. The summed E-state index contributed by atoms with van der Waals surface area (Å²) < 4.78 is 12.1. The molecular formula is C16H23N3O5S2. The Morgan fingerprint density at radius 3 is 2.69 bits per heavy atom. The highest BCUT2D eigenvalue weighted by molar-refractivity contribution is 8.23. The molecule has 1 aromatic rings. The molecule has 3 heterocycles. The second-order valence-corrected chi connectivity index (χ2v) is 8.21. The molecule has 144 valence electrons. The highest BCUT2D eigenvalue weighted by Crippen LogP contribution is 2.44. The Hall–Kier alpha value is -1.04. The lowest BCUT2D eigenvalue weighted by Gasteiger charge is -2.22. The number of ether oxygens (including phenoxy) is 2. The second-order valence-electron chi connectivity index (χ2n) is 6.36. The zero-order valence-corrected chi connectivity index (χ0v) is 16.0. The first-order chi connectivity index (χ1) is 12.4. The summed E-state index contributed by atoms with van der Waals surface area (Å²) in [4.78, 5) is 9.35. The zero-order valence-electron chi connectivity index (χ0n) is 14.4. The summed E-state index contributed by atoms with van der Waals surface area (Å²) in [5.74, 6) is 0.439. The third-order valence-electron chi connectivity index (χ3n) is 4.62. The third kappa shape index (κ3) is 3.95. The number of anilines is 1. The average molecular weight is 402 g/mol. The van der Waals surface area contributed by atoms with Crippen LogP contribution in [0.1, 0.15) is 37.8 Å².